The average Bonchev–Trinajstić information content (AvgIpc) is 3.05. The first-order chi connectivity index (χ1) is 11.3. The predicted octanol–water partition coefficient (Wildman–Crippen LogP) is 4.19. The smallest absolute Gasteiger partial charge is 0.289 e. The summed E-state index contributed by atoms with van der Waals surface area (Å²) in [6.45, 7) is 3.89. The maximum Gasteiger partial charge on any atom is 0.289 e. The number of benzene rings is 1. The van der Waals surface area contributed by atoms with Gasteiger partial charge in [0.1, 0.15) is 5.76 Å². The highest BCUT2D eigenvalue weighted by Crippen LogP contribution is 2.41. The Morgan fingerprint density at radius 1 is 1.38 bits per heavy atom. The summed E-state index contributed by atoms with van der Waals surface area (Å²) in [5, 5.41) is 11.5. The average molecular weight is 368 g/mol. The Labute approximate surface area is 151 Å². The number of hydrogen-bond acceptors (Lipinski definition) is 3. The molecule has 1 N–H and O–H groups in total. The van der Waals surface area contributed by atoms with Crippen molar-refractivity contribution in [2.45, 2.75) is 38.8 Å². The fraction of sp³-hybridized carbons (Fsp3) is 0.389. The molecule has 1 amide bonds. The van der Waals surface area contributed by atoms with Gasteiger partial charge in [0, 0.05) is 29.9 Å². The standard InChI is InChI=1S/C18H19Cl2NO3/c1-4-15-9(2)5-16(24-15)18(23)21(3)17-12-6-10(19)7-13(20)11(12)8-14(17)22/h5-7,14,17,22H,4,8H2,1-3H3/t14-,17+/m0/s1. The number of furan rings is 1. The summed E-state index contributed by atoms with van der Waals surface area (Å²) in [4.78, 5) is 14.3. The molecule has 0 bridgehead atoms. The predicted molar refractivity (Wildman–Crippen MR) is 93.8 cm³/mol. The Kier molecular flexibility index (Phi) is 4.65. The zero-order valence-electron chi connectivity index (χ0n) is 13.8. The van der Waals surface area contributed by atoms with Crippen LogP contribution in [0.4, 0.5) is 0 Å². The Hall–Kier alpha value is -1.49. The van der Waals surface area contributed by atoms with E-state index in [1.807, 2.05) is 13.8 Å². The Bertz CT molecular complexity index is 800. The second-order valence-corrected chi connectivity index (χ2v) is 7.00. The molecule has 0 radical (unpaired) electrons. The molecule has 2 atom stereocenters. The van der Waals surface area contributed by atoms with E-state index in [9.17, 15) is 9.90 Å². The van der Waals surface area contributed by atoms with Crippen molar-refractivity contribution in [3.63, 3.8) is 0 Å². The molecule has 1 aliphatic carbocycles. The van der Waals surface area contributed by atoms with Crippen molar-refractivity contribution in [1.82, 2.24) is 4.90 Å². The Morgan fingerprint density at radius 3 is 2.71 bits per heavy atom. The molecule has 6 heteroatoms. The minimum absolute atomic E-state index is 0.272. The molecular formula is C18H19Cl2NO3. The number of aryl methyl sites for hydroxylation is 2. The first-order valence-electron chi connectivity index (χ1n) is 7.85. The number of fused-ring (bicyclic) bond motifs is 1. The summed E-state index contributed by atoms with van der Waals surface area (Å²) in [7, 11) is 1.66. The van der Waals surface area contributed by atoms with Gasteiger partial charge in [-0.05, 0) is 41.8 Å². The summed E-state index contributed by atoms with van der Waals surface area (Å²) >= 11 is 12.3. The molecule has 1 heterocycles. The zero-order valence-corrected chi connectivity index (χ0v) is 15.3. The van der Waals surface area contributed by atoms with E-state index in [2.05, 4.69) is 0 Å². The fourth-order valence-electron chi connectivity index (χ4n) is 3.37. The van der Waals surface area contributed by atoms with Crippen LogP contribution in [-0.2, 0) is 12.8 Å². The second-order valence-electron chi connectivity index (χ2n) is 6.16. The van der Waals surface area contributed by atoms with Crippen molar-refractivity contribution in [3.8, 4) is 0 Å². The first-order valence-corrected chi connectivity index (χ1v) is 8.61. The quantitative estimate of drug-likeness (QED) is 0.884. The van der Waals surface area contributed by atoms with Crippen molar-refractivity contribution in [2.75, 3.05) is 7.05 Å². The zero-order chi connectivity index (χ0) is 17.6. The van der Waals surface area contributed by atoms with Crippen LogP contribution in [-0.4, -0.2) is 29.1 Å². The van der Waals surface area contributed by atoms with Gasteiger partial charge in [-0.15, -0.1) is 0 Å². The van der Waals surface area contributed by atoms with E-state index < -0.39 is 12.1 Å². The van der Waals surface area contributed by atoms with Gasteiger partial charge in [0.05, 0.1) is 12.1 Å². The van der Waals surface area contributed by atoms with Crippen LogP contribution in [0, 0.1) is 6.92 Å². The van der Waals surface area contributed by atoms with Crippen LogP contribution < -0.4 is 0 Å². The number of rotatable bonds is 3. The normalized spacial score (nSPS) is 19.4. The molecule has 1 aromatic heterocycles. The molecule has 1 aromatic carbocycles. The number of amides is 1. The van der Waals surface area contributed by atoms with Gasteiger partial charge in [-0.25, -0.2) is 0 Å². The summed E-state index contributed by atoms with van der Waals surface area (Å²) in [6, 6.07) is 4.66. The van der Waals surface area contributed by atoms with Gasteiger partial charge in [0.25, 0.3) is 5.91 Å². The van der Waals surface area contributed by atoms with E-state index in [1.54, 1.807) is 25.2 Å². The number of nitrogens with zero attached hydrogens (tertiary/aromatic N) is 1. The third kappa shape index (κ3) is 2.83. The third-order valence-corrected chi connectivity index (χ3v) is 5.14. The number of halogens is 2. The van der Waals surface area contributed by atoms with Crippen LogP contribution in [0.25, 0.3) is 0 Å². The van der Waals surface area contributed by atoms with E-state index in [-0.39, 0.29) is 11.7 Å². The van der Waals surface area contributed by atoms with Crippen LogP contribution >= 0.6 is 23.2 Å². The molecule has 1 aliphatic rings. The maximum absolute atomic E-state index is 12.8. The van der Waals surface area contributed by atoms with Crippen molar-refractivity contribution in [3.05, 3.63) is 56.5 Å². The second kappa shape index (κ2) is 6.43. The summed E-state index contributed by atoms with van der Waals surface area (Å²) in [5.74, 6) is 0.802. The van der Waals surface area contributed by atoms with E-state index in [4.69, 9.17) is 27.6 Å². The number of aliphatic hydroxyl groups excluding tert-OH is 1. The van der Waals surface area contributed by atoms with Crippen molar-refractivity contribution < 1.29 is 14.3 Å². The summed E-state index contributed by atoms with van der Waals surface area (Å²) in [5.41, 5.74) is 2.57. The van der Waals surface area contributed by atoms with Crippen molar-refractivity contribution in [1.29, 1.82) is 0 Å². The lowest BCUT2D eigenvalue weighted by molar-refractivity contribution is 0.0470. The molecular weight excluding hydrogens is 349 g/mol. The SMILES string of the molecule is CCc1oc(C(=O)N(C)[C@@H]2c3cc(Cl)cc(Cl)c3C[C@@H]2O)cc1C. The lowest BCUT2D eigenvalue weighted by Gasteiger charge is -2.27. The molecule has 0 saturated carbocycles. The summed E-state index contributed by atoms with van der Waals surface area (Å²) in [6.07, 6.45) is 0.389. The third-order valence-electron chi connectivity index (χ3n) is 4.58. The number of likely N-dealkylation sites (N-methyl/N-ethyl adjacent to an activating group) is 1. The number of hydrogen-bond donors (Lipinski definition) is 1. The molecule has 24 heavy (non-hydrogen) atoms. The highest BCUT2D eigenvalue weighted by atomic mass is 35.5. The Morgan fingerprint density at radius 2 is 2.08 bits per heavy atom. The van der Waals surface area contributed by atoms with E-state index in [1.165, 1.54) is 4.90 Å². The van der Waals surface area contributed by atoms with Crippen molar-refractivity contribution in [2.24, 2.45) is 0 Å². The lowest BCUT2D eigenvalue weighted by atomic mass is 10.1. The van der Waals surface area contributed by atoms with Gasteiger partial charge in [-0.3, -0.25) is 4.79 Å². The number of carbonyl (C=O) groups is 1. The van der Waals surface area contributed by atoms with Gasteiger partial charge < -0.3 is 14.4 Å². The van der Waals surface area contributed by atoms with Gasteiger partial charge in [0.2, 0.25) is 0 Å². The summed E-state index contributed by atoms with van der Waals surface area (Å²) < 4.78 is 5.65. The van der Waals surface area contributed by atoms with Gasteiger partial charge in [-0.2, -0.15) is 0 Å². The van der Waals surface area contributed by atoms with Crippen LogP contribution in [0.15, 0.2) is 22.6 Å². The molecule has 128 valence electrons. The van der Waals surface area contributed by atoms with E-state index in [0.29, 0.717) is 16.5 Å². The highest BCUT2D eigenvalue weighted by Gasteiger charge is 2.38. The minimum Gasteiger partial charge on any atom is -0.456 e. The molecule has 3 rings (SSSR count). The molecule has 2 aromatic rings. The monoisotopic (exact) mass is 367 g/mol. The van der Waals surface area contributed by atoms with Crippen LogP contribution in [0.2, 0.25) is 10.0 Å². The van der Waals surface area contributed by atoms with Crippen LogP contribution in [0.1, 0.15) is 46.0 Å². The number of carbonyl (C=O) groups excluding carboxylic acids is 1. The molecule has 0 unspecified atom stereocenters. The van der Waals surface area contributed by atoms with Crippen LogP contribution in [0.3, 0.4) is 0 Å². The lowest BCUT2D eigenvalue weighted by Crippen LogP contribution is -2.35. The molecule has 0 aliphatic heterocycles. The van der Waals surface area contributed by atoms with Gasteiger partial charge >= 0.3 is 0 Å². The van der Waals surface area contributed by atoms with E-state index >= 15 is 0 Å². The number of aliphatic hydroxyl groups is 1. The molecule has 0 fully saturated rings. The minimum atomic E-state index is -0.730. The maximum atomic E-state index is 12.8. The fourth-order valence-corrected chi connectivity index (χ4v) is 3.96. The molecule has 0 spiro atoms. The van der Waals surface area contributed by atoms with Gasteiger partial charge in [-0.1, -0.05) is 30.1 Å². The topological polar surface area (TPSA) is 53.7 Å². The Balaban J connectivity index is 1.95. The van der Waals surface area contributed by atoms with Crippen molar-refractivity contribution >= 4 is 29.1 Å². The molecule has 4 nitrogen and oxygen atoms in total. The largest absolute Gasteiger partial charge is 0.456 e. The van der Waals surface area contributed by atoms with Crippen LogP contribution in [0.5, 0.6) is 0 Å². The highest BCUT2D eigenvalue weighted by molar-refractivity contribution is 6.35. The van der Waals surface area contributed by atoms with E-state index in [0.717, 1.165) is 28.9 Å². The molecule has 0 saturated heterocycles. The first kappa shape index (κ1) is 17.3. The van der Waals surface area contributed by atoms with Gasteiger partial charge in [0.15, 0.2) is 5.76 Å².